The quantitative estimate of drug-likeness (QED) is 0.499. The van der Waals surface area contributed by atoms with Crippen LogP contribution in [-0.2, 0) is 0 Å². The van der Waals surface area contributed by atoms with E-state index in [0.29, 0.717) is 22.2 Å². The lowest BCUT2D eigenvalue weighted by Gasteiger charge is -2.07. The molecule has 0 unspecified atom stereocenters. The van der Waals surface area contributed by atoms with Crippen molar-refractivity contribution in [1.82, 2.24) is 14.9 Å². The van der Waals surface area contributed by atoms with Crippen LogP contribution in [0.1, 0.15) is 15.9 Å². The van der Waals surface area contributed by atoms with Crippen LogP contribution >= 0.6 is 0 Å². The Hall–Kier alpha value is -3.22. The molecule has 4 N–H and O–H groups in total. The summed E-state index contributed by atoms with van der Waals surface area (Å²) in [6, 6.07) is 6.48. The van der Waals surface area contributed by atoms with Crippen LogP contribution < -0.4 is 11.1 Å². The number of nitrogens with two attached hydrogens (primary N) is 1. The third-order valence-corrected chi connectivity index (χ3v) is 3.50. The van der Waals surface area contributed by atoms with E-state index in [2.05, 4.69) is 10.3 Å². The zero-order valence-corrected chi connectivity index (χ0v) is 12.3. The van der Waals surface area contributed by atoms with Crippen molar-refractivity contribution in [2.24, 2.45) is 5.73 Å². The first kappa shape index (κ1) is 14.7. The molecule has 0 fully saturated rings. The molecule has 0 saturated carbocycles. The fourth-order valence-electron chi connectivity index (χ4n) is 2.47. The number of nitrogens with zero attached hydrogens (tertiary/aromatic N) is 2. The van der Waals surface area contributed by atoms with Crippen molar-refractivity contribution in [2.75, 3.05) is 0 Å². The Labute approximate surface area is 131 Å². The molecule has 3 aromatic rings. The molecule has 0 bridgehead atoms. The summed E-state index contributed by atoms with van der Waals surface area (Å²) in [6.45, 7) is 1.77. The van der Waals surface area contributed by atoms with Gasteiger partial charge in [-0.05, 0) is 24.6 Å². The monoisotopic (exact) mass is 311 g/mol. The molecule has 0 aliphatic rings. The molecule has 3 rings (SSSR count). The Morgan fingerprint density at radius 1 is 1.35 bits per heavy atom. The first-order valence-corrected chi connectivity index (χ1v) is 6.85. The van der Waals surface area contributed by atoms with Crippen molar-refractivity contribution in [1.29, 1.82) is 5.41 Å². The van der Waals surface area contributed by atoms with Crippen molar-refractivity contribution < 1.29 is 9.18 Å². The van der Waals surface area contributed by atoms with Gasteiger partial charge in [0.1, 0.15) is 11.3 Å². The van der Waals surface area contributed by atoms with Crippen LogP contribution in [0.2, 0.25) is 0 Å². The van der Waals surface area contributed by atoms with Crippen molar-refractivity contribution in [3.05, 3.63) is 59.8 Å². The molecule has 1 aromatic carbocycles. The van der Waals surface area contributed by atoms with Gasteiger partial charge in [-0.15, -0.1) is 0 Å². The number of halogens is 1. The Kier molecular flexibility index (Phi) is 3.53. The number of hydrogen-bond acceptors (Lipinski definition) is 3. The molecule has 2 heterocycles. The lowest BCUT2D eigenvalue weighted by Crippen LogP contribution is -2.35. The fraction of sp³-hybridized carbons (Fsp3) is 0.0625. The van der Waals surface area contributed by atoms with Crippen LogP contribution in [0.15, 0.2) is 42.9 Å². The smallest absolute Gasteiger partial charge is 0.259 e. The van der Waals surface area contributed by atoms with Crippen LogP contribution in [-0.4, -0.2) is 21.4 Å². The first-order chi connectivity index (χ1) is 11.0. The highest BCUT2D eigenvalue weighted by Gasteiger charge is 2.14. The second-order valence-electron chi connectivity index (χ2n) is 5.10. The molecule has 6 nitrogen and oxygen atoms in total. The molecule has 0 radical (unpaired) electrons. The average Bonchev–Trinajstić information content (AvgIpc) is 2.88. The molecule has 0 spiro atoms. The van der Waals surface area contributed by atoms with E-state index >= 15 is 0 Å². The number of para-hydroxylation sites is 1. The topological polar surface area (TPSA) is 96.8 Å². The van der Waals surface area contributed by atoms with Gasteiger partial charge in [0.15, 0.2) is 5.96 Å². The second kappa shape index (κ2) is 5.53. The predicted octanol–water partition coefficient (Wildman–Crippen LogP) is 2.10. The van der Waals surface area contributed by atoms with E-state index in [-0.39, 0.29) is 5.52 Å². The number of pyridine rings is 1. The Bertz CT molecular complexity index is 931. The molecular weight excluding hydrogens is 297 g/mol. The molecule has 0 aliphatic carbocycles. The van der Waals surface area contributed by atoms with Gasteiger partial charge >= 0.3 is 0 Å². The van der Waals surface area contributed by atoms with Crippen LogP contribution in [0.5, 0.6) is 0 Å². The summed E-state index contributed by atoms with van der Waals surface area (Å²) >= 11 is 0. The van der Waals surface area contributed by atoms with Gasteiger partial charge in [-0.1, -0.05) is 12.1 Å². The van der Waals surface area contributed by atoms with Crippen molar-refractivity contribution in [3.63, 3.8) is 0 Å². The lowest BCUT2D eigenvalue weighted by molar-refractivity contribution is 0.0976. The molecule has 116 valence electrons. The van der Waals surface area contributed by atoms with E-state index in [1.807, 2.05) is 0 Å². The minimum absolute atomic E-state index is 0.270. The van der Waals surface area contributed by atoms with Gasteiger partial charge in [0.2, 0.25) is 0 Å². The summed E-state index contributed by atoms with van der Waals surface area (Å²) in [5.41, 5.74) is 7.27. The maximum atomic E-state index is 13.9. The Morgan fingerprint density at radius 3 is 2.87 bits per heavy atom. The van der Waals surface area contributed by atoms with E-state index in [9.17, 15) is 9.18 Å². The standard InChI is InChI=1S/C16H14FN5O/c1-9-7-22(8-11(9)15(23)21-16(18)19)13-5-6-20-14-10(13)3-2-4-12(14)17/h2-8H,1H3,(H4,18,19,21,23). The highest BCUT2D eigenvalue weighted by molar-refractivity contribution is 6.05. The van der Waals surface area contributed by atoms with E-state index in [0.717, 1.165) is 0 Å². The normalized spacial score (nSPS) is 10.7. The van der Waals surface area contributed by atoms with Gasteiger partial charge in [0, 0.05) is 24.0 Å². The number of guanidine groups is 1. The fourth-order valence-corrected chi connectivity index (χ4v) is 2.47. The Morgan fingerprint density at radius 2 is 2.13 bits per heavy atom. The van der Waals surface area contributed by atoms with Gasteiger partial charge in [-0.2, -0.15) is 0 Å². The third kappa shape index (κ3) is 2.64. The first-order valence-electron chi connectivity index (χ1n) is 6.85. The molecule has 23 heavy (non-hydrogen) atoms. The molecule has 0 aliphatic heterocycles. The predicted molar refractivity (Wildman–Crippen MR) is 85.1 cm³/mol. The van der Waals surface area contributed by atoms with Crippen molar-refractivity contribution in [3.8, 4) is 5.69 Å². The summed E-state index contributed by atoms with van der Waals surface area (Å²) in [4.78, 5) is 16.1. The molecule has 2 aromatic heterocycles. The number of benzene rings is 1. The minimum atomic E-state index is -0.460. The summed E-state index contributed by atoms with van der Waals surface area (Å²) in [5, 5.41) is 10.0. The molecule has 0 atom stereocenters. The van der Waals surface area contributed by atoms with Gasteiger partial charge in [-0.3, -0.25) is 20.5 Å². The number of nitrogens with one attached hydrogen (secondary N) is 2. The number of aryl methyl sites for hydroxylation is 1. The second-order valence-corrected chi connectivity index (χ2v) is 5.10. The highest BCUT2D eigenvalue weighted by atomic mass is 19.1. The van der Waals surface area contributed by atoms with Crippen LogP contribution in [0, 0.1) is 18.2 Å². The largest absolute Gasteiger partial charge is 0.370 e. The zero-order valence-electron chi connectivity index (χ0n) is 12.3. The highest BCUT2D eigenvalue weighted by Crippen LogP contribution is 2.24. The van der Waals surface area contributed by atoms with Gasteiger partial charge in [-0.25, -0.2) is 4.39 Å². The number of aromatic nitrogens is 2. The summed E-state index contributed by atoms with van der Waals surface area (Å²) < 4.78 is 15.6. The third-order valence-electron chi connectivity index (χ3n) is 3.50. The van der Waals surface area contributed by atoms with Gasteiger partial charge in [0.25, 0.3) is 5.91 Å². The number of rotatable bonds is 2. The van der Waals surface area contributed by atoms with Crippen LogP contribution in [0.4, 0.5) is 4.39 Å². The van der Waals surface area contributed by atoms with E-state index in [4.69, 9.17) is 11.1 Å². The Balaban J connectivity index is 2.12. The maximum absolute atomic E-state index is 13.9. The van der Waals surface area contributed by atoms with Crippen LogP contribution in [0.3, 0.4) is 0 Å². The van der Waals surface area contributed by atoms with Crippen LogP contribution in [0.25, 0.3) is 16.6 Å². The summed E-state index contributed by atoms with van der Waals surface area (Å²) in [7, 11) is 0. The molecule has 7 heteroatoms. The zero-order chi connectivity index (χ0) is 16.6. The number of fused-ring (bicyclic) bond motifs is 1. The summed E-state index contributed by atoms with van der Waals surface area (Å²) in [6.07, 6.45) is 4.90. The van der Waals surface area contributed by atoms with E-state index in [1.54, 1.807) is 42.1 Å². The van der Waals surface area contributed by atoms with Gasteiger partial charge in [0.05, 0.1) is 11.3 Å². The number of hydrogen-bond donors (Lipinski definition) is 3. The maximum Gasteiger partial charge on any atom is 0.259 e. The summed E-state index contributed by atoms with van der Waals surface area (Å²) in [5.74, 6) is -1.28. The SMILES string of the molecule is Cc1cn(-c2ccnc3c(F)cccc23)cc1C(=O)NC(=N)N. The minimum Gasteiger partial charge on any atom is -0.370 e. The lowest BCUT2D eigenvalue weighted by atomic mass is 10.2. The molecule has 0 saturated heterocycles. The van der Waals surface area contributed by atoms with E-state index in [1.165, 1.54) is 12.3 Å². The molecular formula is C16H14FN5O. The van der Waals surface area contributed by atoms with Crippen molar-refractivity contribution in [2.45, 2.75) is 6.92 Å². The number of amides is 1. The average molecular weight is 311 g/mol. The van der Waals surface area contributed by atoms with Gasteiger partial charge < -0.3 is 10.3 Å². The number of carbonyl (C=O) groups is 1. The van der Waals surface area contributed by atoms with E-state index < -0.39 is 17.7 Å². The molecule has 1 amide bonds. The van der Waals surface area contributed by atoms with Crippen molar-refractivity contribution >= 4 is 22.8 Å². The number of carbonyl (C=O) groups excluding carboxylic acids is 1.